The third-order valence-electron chi connectivity index (χ3n) is 3.06. The minimum Gasteiger partial charge on any atom is -0.481 e. The first-order chi connectivity index (χ1) is 9.45. The fourth-order valence-corrected chi connectivity index (χ4v) is 2.60. The molecule has 0 aliphatic heterocycles. The van der Waals surface area contributed by atoms with Crippen molar-refractivity contribution in [2.24, 2.45) is 5.92 Å². The summed E-state index contributed by atoms with van der Waals surface area (Å²) in [7, 11) is 1.68. The Morgan fingerprint density at radius 3 is 2.75 bits per heavy atom. The smallest absolute Gasteiger partial charge is 0.317 e. The van der Waals surface area contributed by atoms with Crippen molar-refractivity contribution < 1.29 is 14.7 Å². The van der Waals surface area contributed by atoms with Gasteiger partial charge < -0.3 is 15.3 Å². The molecule has 20 heavy (non-hydrogen) atoms. The third-order valence-corrected chi connectivity index (χ3v) is 3.98. The van der Waals surface area contributed by atoms with Gasteiger partial charge in [-0.15, -0.1) is 11.3 Å². The lowest BCUT2D eigenvalue weighted by Crippen LogP contribution is -2.40. The van der Waals surface area contributed by atoms with Gasteiger partial charge in [-0.2, -0.15) is 0 Å². The first-order valence-electron chi connectivity index (χ1n) is 6.56. The zero-order valence-corrected chi connectivity index (χ0v) is 12.9. The molecule has 1 rings (SSSR count). The molecule has 6 nitrogen and oxygen atoms in total. The van der Waals surface area contributed by atoms with Crippen LogP contribution in [0.4, 0.5) is 4.79 Å². The summed E-state index contributed by atoms with van der Waals surface area (Å²) < 4.78 is 0. The fourth-order valence-electron chi connectivity index (χ4n) is 1.77. The fraction of sp³-hybridized carbons (Fsp3) is 0.615. The number of thiazole rings is 1. The first-order valence-corrected chi connectivity index (χ1v) is 7.44. The number of carboxylic acid groups (broad SMARTS) is 1. The Bertz CT molecular complexity index is 461. The summed E-state index contributed by atoms with van der Waals surface area (Å²) in [4.78, 5) is 29.6. The van der Waals surface area contributed by atoms with Gasteiger partial charge >= 0.3 is 12.0 Å². The molecule has 7 heteroatoms. The molecule has 1 unspecified atom stereocenters. The minimum atomic E-state index is -0.867. The zero-order chi connectivity index (χ0) is 15.1. The maximum atomic E-state index is 11.9. The van der Waals surface area contributed by atoms with E-state index in [2.05, 4.69) is 10.3 Å². The lowest BCUT2D eigenvalue weighted by Gasteiger charge is -2.19. The Hall–Kier alpha value is -1.63. The second-order valence-electron chi connectivity index (χ2n) is 4.73. The number of carboxylic acids is 1. The number of aryl methyl sites for hydroxylation is 1. The normalized spacial score (nSPS) is 11.9. The van der Waals surface area contributed by atoms with E-state index in [4.69, 9.17) is 5.11 Å². The van der Waals surface area contributed by atoms with Crippen molar-refractivity contribution >= 4 is 23.3 Å². The number of carbonyl (C=O) groups is 2. The number of carbonyl (C=O) groups excluding carboxylic acids is 1. The SMILES string of the molecule is CCCC(CNC(=O)N(C)Cc1scnc1C)C(=O)O. The molecule has 1 aromatic rings. The summed E-state index contributed by atoms with van der Waals surface area (Å²) in [6.07, 6.45) is 1.34. The summed E-state index contributed by atoms with van der Waals surface area (Å²) >= 11 is 1.51. The van der Waals surface area contributed by atoms with Crippen molar-refractivity contribution in [3.63, 3.8) is 0 Å². The molecule has 0 bridgehead atoms. The minimum absolute atomic E-state index is 0.161. The van der Waals surface area contributed by atoms with Crippen molar-refractivity contribution in [2.75, 3.05) is 13.6 Å². The Labute approximate surface area is 122 Å². The van der Waals surface area contributed by atoms with Crippen LogP contribution in [0.5, 0.6) is 0 Å². The predicted molar refractivity (Wildman–Crippen MR) is 77.8 cm³/mol. The Morgan fingerprint density at radius 2 is 2.25 bits per heavy atom. The highest BCUT2D eigenvalue weighted by Gasteiger charge is 2.18. The molecule has 0 spiro atoms. The van der Waals surface area contributed by atoms with E-state index in [1.165, 1.54) is 16.2 Å². The lowest BCUT2D eigenvalue weighted by atomic mass is 10.0. The van der Waals surface area contributed by atoms with E-state index in [1.807, 2.05) is 13.8 Å². The molecule has 1 aromatic heterocycles. The van der Waals surface area contributed by atoms with Crippen LogP contribution < -0.4 is 5.32 Å². The molecule has 0 saturated carbocycles. The summed E-state index contributed by atoms with van der Waals surface area (Å²) in [5.74, 6) is -1.39. The van der Waals surface area contributed by atoms with Gasteiger partial charge in [0.15, 0.2) is 0 Å². The molecule has 0 radical (unpaired) electrons. The van der Waals surface area contributed by atoms with Crippen molar-refractivity contribution in [3.05, 3.63) is 16.1 Å². The van der Waals surface area contributed by atoms with E-state index >= 15 is 0 Å². The van der Waals surface area contributed by atoms with Crippen LogP contribution in [0.1, 0.15) is 30.3 Å². The second kappa shape index (κ2) is 7.84. The average Bonchev–Trinajstić information content (AvgIpc) is 2.79. The number of aliphatic carboxylic acids is 1. The predicted octanol–water partition coefficient (Wildman–Crippen LogP) is 2.09. The second-order valence-corrected chi connectivity index (χ2v) is 5.67. The van der Waals surface area contributed by atoms with E-state index in [9.17, 15) is 9.59 Å². The number of hydrogen-bond donors (Lipinski definition) is 2. The Balaban J connectivity index is 2.45. The molecule has 0 saturated heterocycles. The van der Waals surface area contributed by atoms with E-state index in [0.29, 0.717) is 13.0 Å². The highest BCUT2D eigenvalue weighted by atomic mass is 32.1. The zero-order valence-electron chi connectivity index (χ0n) is 12.0. The van der Waals surface area contributed by atoms with Crippen LogP contribution in [0.25, 0.3) is 0 Å². The Kier molecular flexibility index (Phi) is 6.44. The molecule has 2 N–H and O–H groups in total. The van der Waals surface area contributed by atoms with Crippen LogP contribution in [0, 0.1) is 12.8 Å². The molecule has 0 aliphatic rings. The average molecular weight is 299 g/mol. The van der Waals surface area contributed by atoms with Crippen molar-refractivity contribution in [1.82, 2.24) is 15.2 Å². The molecular formula is C13H21N3O3S. The van der Waals surface area contributed by atoms with Crippen LogP contribution in [0.3, 0.4) is 0 Å². The number of aromatic nitrogens is 1. The molecule has 2 amide bonds. The highest BCUT2D eigenvalue weighted by Crippen LogP contribution is 2.14. The number of rotatable bonds is 7. The standard InChI is InChI=1S/C13H21N3O3S/c1-4-5-10(12(17)18)6-14-13(19)16(3)7-11-9(2)15-8-20-11/h8,10H,4-7H2,1-3H3,(H,14,19)(H,17,18). The largest absolute Gasteiger partial charge is 0.481 e. The number of hydrogen-bond acceptors (Lipinski definition) is 4. The van der Waals surface area contributed by atoms with E-state index in [0.717, 1.165) is 17.0 Å². The first kappa shape index (κ1) is 16.4. The quantitative estimate of drug-likeness (QED) is 0.807. The molecule has 0 aromatic carbocycles. The molecule has 0 fully saturated rings. The van der Waals surface area contributed by atoms with Gasteiger partial charge in [-0.05, 0) is 13.3 Å². The van der Waals surface area contributed by atoms with Gasteiger partial charge in [-0.3, -0.25) is 4.79 Å². The lowest BCUT2D eigenvalue weighted by molar-refractivity contribution is -0.141. The third kappa shape index (κ3) is 4.80. The number of nitrogens with one attached hydrogen (secondary N) is 1. The van der Waals surface area contributed by atoms with Crippen molar-refractivity contribution in [3.8, 4) is 0 Å². The van der Waals surface area contributed by atoms with Crippen LogP contribution in [0.2, 0.25) is 0 Å². The maximum absolute atomic E-state index is 11.9. The summed E-state index contributed by atoms with van der Waals surface area (Å²) in [5.41, 5.74) is 2.67. The van der Waals surface area contributed by atoms with E-state index in [1.54, 1.807) is 12.6 Å². The summed E-state index contributed by atoms with van der Waals surface area (Å²) in [6.45, 7) is 4.47. The van der Waals surface area contributed by atoms with Gasteiger partial charge in [0.2, 0.25) is 0 Å². The molecule has 0 aliphatic carbocycles. The number of urea groups is 1. The van der Waals surface area contributed by atoms with Crippen LogP contribution >= 0.6 is 11.3 Å². The van der Waals surface area contributed by atoms with Gasteiger partial charge in [0, 0.05) is 18.5 Å². The molecule has 1 heterocycles. The van der Waals surface area contributed by atoms with Crippen LogP contribution in [-0.2, 0) is 11.3 Å². The maximum Gasteiger partial charge on any atom is 0.317 e. The molecule has 1 atom stereocenters. The van der Waals surface area contributed by atoms with Crippen molar-refractivity contribution in [2.45, 2.75) is 33.2 Å². The van der Waals surface area contributed by atoms with Crippen LogP contribution in [-0.4, -0.2) is 40.6 Å². The van der Waals surface area contributed by atoms with Gasteiger partial charge in [-0.1, -0.05) is 13.3 Å². The van der Waals surface area contributed by atoms with E-state index in [-0.39, 0.29) is 12.6 Å². The topological polar surface area (TPSA) is 82.5 Å². The van der Waals surface area contributed by atoms with Gasteiger partial charge in [-0.25, -0.2) is 9.78 Å². The van der Waals surface area contributed by atoms with Crippen molar-refractivity contribution in [1.29, 1.82) is 0 Å². The monoisotopic (exact) mass is 299 g/mol. The van der Waals surface area contributed by atoms with Gasteiger partial charge in [0.25, 0.3) is 0 Å². The molecule has 112 valence electrons. The highest BCUT2D eigenvalue weighted by molar-refractivity contribution is 7.09. The number of amides is 2. The summed E-state index contributed by atoms with van der Waals surface area (Å²) in [5, 5.41) is 11.7. The summed E-state index contributed by atoms with van der Waals surface area (Å²) in [6, 6.07) is -0.264. The van der Waals surface area contributed by atoms with Crippen LogP contribution in [0.15, 0.2) is 5.51 Å². The van der Waals surface area contributed by atoms with E-state index < -0.39 is 11.9 Å². The Morgan fingerprint density at radius 1 is 1.55 bits per heavy atom. The van der Waals surface area contributed by atoms with Gasteiger partial charge in [0.1, 0.15) is 0 Å². The molecular weight excluding hydrogens is 278 g/mol. The van der Waals surface area contributed by atoms with Gasteiger partial charge in [0.05, 0.1) is 23.7 Å². The number of nitrogens with zero attached hydrogens (tertiary/aromatic N) is 2.